The van der Waals surface area contributed by atoms with E-state index >= 15 is 0 Å². The van der Waals surface area contributed by atoms with E-state index in [1.54, 1.807) is 0 Å². The van der Waals surface area contributed by atoms with Crippen LogP contribution in [-0.2, 0) is 14.4 Å². The maximum atomic E-state index is 13.5. The van der Waals surface area contributed by atoms with E-state index in [-0.39, 0.29) is 45.3 Å². The van der Waals surface area contributed by atoms with Crippen molar-refractivity contribution in [3.63, 3.8) is 0 Å². The third-order valence-corrected chi connectivity index (χ3v) is 4.37. The van der Waals surface area contributed by atoms with Crippen molar-refractivity contribution in [1.82, 2.24) is 0 Å². The van der Waals surface area contributed by atoms with Gasteiger partial charge in [-0.25, -0.2) is 0 Å². The van der Waals surface area contributed by atoms with Gasteiger partial charge in [-0.2, -0.15) is 0 Å². The number of rotatable bonds is 6. The molecule has 0 N–H and O–H groups in total. The smallest absolute Gasteiger partial charge is 0.308 e. The van der Waals surface area contributed by atoms with Crippen LogP contribution in [0.4, 0.5) is 0 Å². The molecule has 0 amide bonds. The van der Waals surface area contributed by atoms with Crippen LogP contribution in [0.3, 0.4) is 0 Å². The summed E-state index contributed by atoms with van der Waals surface area (Å²) in [6.07, 6.45) is 1.20. The highest BCUT2D eigenvalue weighted by Gasteiger charge is 2.25. The zero-order chi connectivity index (χ0) is 24.3. The summed E-state index contributed by atoms with van der Waals surface area (Å²) >= 11 is 0. The van der Waals surface area contributed by atoms with Gasteiger partial charge in [0.2, 0.25) is 11.2 Å². The average molecular weight is 456 g/mol. The summed E-state index contributed by atoms with van der Waals surface area (Å²) in [5, 5.41) is -0.0986. The lowest BCUT2D eigenvalue weighted by molar-refractivity contribution is -0.133. The van der Waals surface area contributed by atoms with Gasteiger partial charge >= 0.3 is 17.9 Å². The van der Waals surface area contributed by atoms with Crippen molar-refractivity contribution in [3.05, 3.63) is 40.8 Å². The lowest BCUT2D eigenvalue weighted by atomic mass is 10.0. The molecule has 10 nitrogen and oxygen atoms in total. The van der Waals surface area contributed by atoms with E-state index in [0.717, 1.165) is 6.92 Å². The van der Waals surface area contributed by atoms with Gasteiger partial charge in [0.25, 0.3) is 0 Å². The first kappa shape index (κ1) is 23.3. The van der Waals surface area contributed by atoms with Crippen LogP contribution in [0.2, 0.25) is 0 Å². The molecule has 0 fully saturated rings. The number of carbonyl (C=O) groups excluding carboxylic acids is 3. The van der Waals surface area contributed by atoms with Gasteiger partial charge in [-0.3, -0.25) is 19.2 Å². The van der Waals surface area contributed by atoms with Crippen LogP contribution >= 0.6 is 0 Å². The monoisotopic (exact) mass is 456 g/mol. The Labute approximate surface area is 187 Å². The number of ether oxygens (including phenoxy) is 5. The molecule has 0 spiro atoms. The molecule has 0 saturated carbocycles. The maximum Gasteiger partial charge on any atom is 0.308 e. The molecule has 172 valence electrons. The van der Waals surface area contributed by atoms with Crippen molar-refractivity contribution in [1.29, 1.82) is 0 Å². The summed E-state index contributed by atoms with van der Waals surface area (Å²) in [4.78, 5) is 48.0. The second kappa shape index (κ2) is 9.43. The molecule has 33 heavy (non-hydrogen) atoms. The van der Waals surface area contributed by atoms with E-state index in [4.69, 9.17) is 28.1 Å². The first-order valence-electron chi connectivity index (χ1n) is 9.56. The van der Waals surface area contributed by atoms with E-state index in [2.05, 4.69) is 0 Å². The molecule has 0 unspecified atom stereocenters. The van der Waals surface area contributed by atoms with E-state index in [1.165, 1.54) is 58.6 Å². The SMILES string of the molecule is COc1cc(-c2coc3cc(OC(C)=O)c(OC)c(OC(C)=O)c3c2=O)ccc1OC(C)=O. The second-order valence-electron chi connectivity index (χ2n) is 6.74. The van der Waals surface area contributed by atoms with Gasteiger partial charge in [0.1, 0.15) is 17.2 Å². The largest absolute Gasteiger partial charge is 0.493 e. The Hall–Kier alpha value is -4.34. The molecule has 0 aliphatic rings. The number of hydrogen-bond acceptors (Lipinski definition) is 10. The van der Waals surface area contributed by atoms with Gasteiger partial charge in [-0.15, -0.1) is 0 Å². The molecule has 0 atom stereocenters. The molecular weight excluding hydrogens is 436 g/mol. The van der Waals surface area contributed by atoms with Crippen LogP contribution in [0.1, 0.15) is 20.8 Å². The predicted molar refractivity (Wildman–Crippen MR) is 115 cm³/mol. The number of benzene rings is 2. The molecule has 1 heterocycles. The number of carbonyl (C=O) groups is 3. The lowest BCUT2D eigenvalue weighted by Gasteiger charge is -2.15. The quantitative estimate of drug-likeness (QED) is 0.403. The molecule has 0 radical (unpaired) electrons. The molecule has 3 aromatic rings. The van der Waals surface area contributed by atoms with Crippen molar-refractivity contribution < 1.29 is 42.5 Å². The number of hydrogen-bond donors (Lipinski definition) is 0. The molecule has 2 aromatic carbocycles. The molecule has 3 rings (SSSR count). The lowest BCUT2D eigenvalue weighted by Crippen LogP contribution is -2.12. The molecular formula is C23H20O10. The van der Waals surface area contributed by atoms with E-state index in [1.807, 2.05) is 0 Å². The summed E-state index contributed by atoms with van der Waals surface area (Å²) in [5.41, 5.74) is -0.0657. The molecule has 1 aromatic heterocycles. The van der Waals surface area contributed by atoms with Crippen LogP contribution < -0.4 is 29.1 Å². The van der Waals surface area contributed by atoms with Gasteiger partial charge in [-0.1, -0.05) is 6.07 Å². The van der Waals surface area contributed by atoms with Gasteiger partial charge < -0.3 is 28.1 Å². The van der Waals surface area contributed by atoms with Crippen molar-refractivity contribution in [3.8, 4) is 39.9 Å². The second-order valence-corrected chi connectivity index (χ2v) is 6.74. The fourth-order valence-corrected chi connectivity index (χ4v) is 3.15. The Morgan fingerprint density at radius 3 is 1.97 bits per heavy atom. The van der Waals surface area contributed by atoms with Gasteiger partial charge in [0.15, 0.2) is 23.0 Å². The van der Waals surface area contributed by atoms with Crippen LogP contribution in [0.25, 0.3) is 22.1 Å². The Kier molecular flexibility index (Phi) is 6.67. The van der Waals surface area contributed by atoms with E-state index < -0.39 is 23.3 Å². The Morgan fingerprint density at radius 2 is 1.39 bits per heavy atom. The molecule has 10 heteroatoms. The minimum atomic E-state index is -0.730. The topological polar surface area (TPSA) is 128 Å². The van der Waals surface area contributed by atoms with E-state index in [9.17, 15) is 19.2 Å². The highest BCUT2D eigenvalue weighted by molar-refractivity contribution is 5.94. The minimum Gasteiger partial charge on any atom is -0.493 e. The van der Waals surface area contributed by atoms with Gasteiger partial charge in [-0.05, 0) is 17.7 Å². The Bertz CT molecular complexity index is 1320. The van der Waals surface area contributed by atoms with Crippen molar-refractivity contribution >= 4 is 28.9 Å². The number of fused-ring (bicyclic) bond motifs is 1. The van der Waals surface area contributed by atoms with Gasteiger partial charge in [0.05, 0.1) is 19.8 Å². The van der Waals surface area contributed by atoms with Gasteiger partial charge in [0, 0.05) is 26.8 Å². The van der Waals surface area contributed by atoms with Crippen LogP contribution in [0.5, 0.6) is 28.7 Å². The average Bonchev–Trinajstić information content (AvgIpc) is 2.73. The highest BCUT2D eigenvalue weighted by atomic mass is 16.6. The summed E-state index contributed by atoms with van der Waals surface area (Å²) < 4.78 is 31.6. The third kappa shape index (κ3) is 4.79. The minimum absolute atomic E-state index is 0.000508. The normalized spacial score (nSPS) is 10.5. The fraction of sp³-hybridized carbons (Fsp3) is 0.217. The summed E-state index contributed by atoms with van der Waals surface area (Å²) in [6, 6.07) is 5.79. The van der Waals surface area contributed by atoms with Crippen molar-refractivity contribution in [2.45, 2.75) is 20.8 Å². The molecule has 0 saturated heterocycles. The van der Waals surface area contributed by atoms with Crippen LogP contribution in [-0.4, -0.2) is 32.1 Å². The van der Waals surface area contributed by atoms with Crippen LogP contribution in [0.15, 0.2) is 39.7 Å². The zero-order valence-electron chi connectivity index (χ0n) is 18.5. The maximum absolute atomic E-state index is 13.5. The number of methoxy groups -OCH3 is 2. The Morgan fingerprint density at radius 1 is 0.758 bits per heavy atom. The van der Waals surface area contributed by atoms with Crippen molar-refractivity contribution in [2.24, 2.45) is 0 Å². The first-order chi connectivity index (χ1) is 15.7. The first-order valence-corrected chi connectivity index (χ1v) is 9.56. The standard InChI is InChI=1S/C23H20O10/c1-11(24)31-16-7-6-14(8-17(16)28-4)15-10-30-18-9-19(32-12(2)25)22(29-5)23(33-13(3)26)20(18)21(15)27/h6-10H,1-5H3. The third-order valence-electron chi connectivity index (χ3n) is 4.37. The summed E-state index contributed by atoms with van der Waals surface area (Å²) in [6.45, 7) is 3.58. The predicted octanol–water partition coefficient (Wildman–Crippen LogP) is 3.25. The number of esters is 3. The van der Waals surface area contributed by atoms with Crippen molar-refractivity contribution in [2.75, 3.05) is 14.2 Å². The molecule has 0 aliphatic carbocycles. The summed E-state index contributed by atoms with van der Waals surface area (Å²) in [5.74, 6) is -1.99. The Balaban J connectivity index is 2.29. The van der Waals surface area contributed by atoms with Crippen LogP contribution in [0, 0.1) is 0 Å². The molecule has 0 bridgehead atoms. The summed E-state index contributed by atoms with van der Waals surface area (Å²) in [7, 11) is 2.65. The fourth-order valence-electron chi connectivity index (χ4n) is 3.15. The highest BCUT2D eigenvalue weighted by Crippen LogP contribution is 2.43. The molecule has 0 aliphatic heterocycles. The zero-order valence-corrected chi connectivity index (χ0v) is 18.5. The van der Waals surface area contributed by atoms with E-state index in [0.29, 0.717) is 5.56 Å².